The summed E-state index contributed by atoms with van der Waals surface area (Å²) in [5, 5.41) is 19.5. The molecule has 1 aromatic heterocycles. The van der Waals surface area contributed by atoms with Crippen molar-refractivity contribution >= 4 is 43.2 Å². The number of fused-ring (bicyclic) bond motifs is 1. The largest absolute Gasteiger partial charge is 0.480 e. The van der Waals surface area contributed by atoms with Gasteiger partial charge < -0.3 is 14.0 Å². The van der Waals surface area contributed by atoms with Gasteiger partial charge in [-0.05, 0) is 74.4 Å². The average Bonchev–Trinajstić information content (AvgIpc) is 3.34. The molecule has 222 valence electrons. The standard InChI is InChI=1S/C29H37BrN4O6S/c1-5-39-28(36)18-25(23-11-12-26-29(20(23)3)31-32-33(26)15-8-6-7-14-30)22-10-9-19(2)24(17-22)21(4)34-16-13-27(35)40-41(34,37)38/h9-13,17,21,25,35H,5-8,14-16,18H2,1-4H3/t21-,25?/m1/s1. The number of ether oxygens (including phenoxy) is 1. The van der Waals surface area contributed by atoms with E-state index in [9.17, 15) is 18.3 Å². The lowest BCUT2D eigenvalue weighted by Crippen LogP contribution is -2.38. The van der Waals surface area contributed by atoms with Crippen LogP contribution >= 0.6 is 15.9 Å². The Labute approximate surface area is 249 Å². The molecule has 0 bridgehead atoms. The van der Waals surface area contributed by atoms with Crippen molar-refractivity contribution in [2.24, 2.45) is 0 Å². The maximum absolute atomic E-state index is 12.8. The third-order valence-corrected chi connectivity index (χ3v) is 9.53. The zero-order valence-corrected chi connectivity index (χ0v) is 26.2. The Morgan fingerprint density at radius 3 is 2.66 bits per heavy atom. The number of hydrogen-bond acceptors (Lipinski definition) is 8. The number of carbonyl (C=O) groups is 1. The number of aliphatic hydroxyl groups is 1. The molecule has 1 N–H and O–H groups in total. The van der Waals surface area contributed by atoms with Crippen molar-refractivity contribution in [2.45, 2.75) is 71.9 Å². The number of aliphatic hydroxyl groups excluding tert-OH is 1. The molecule has 4 rings (SSSR count). The van der Waals surface area contributed by atoms with Crippen molar-refractivity contribution in [3.63, 3.8) is 0 Å². The van der Waals surface area contributed by atoms with Gasteiger partial charge in [0.15, 0.2) is 0 Å². The van der Waals surface area contributed by atoms with Crippen LogP contribution in [-0.2, 0) is 30.6 Å². The smallest absolute Gasteiger partial charge is 0.388 e. The van der Waals surface area contributed by atoms with Gasteiger partial charge in [-0.1, -0.05) is 51.8 Å². The first-order valence-corrected chi connectivity index (χ1v) is 16.3. The number of alkyl halides is 1. The highest BCUT2D eigenvalue weighted by Gasteiger charge is 2.34. The number of halogens is 1. The molecule has 1 aliphatic heterocycles. The van der Waals surface area contributed by atoms with Crippen molar-refractivity contribution in [3.05, 3.63) is 70.2 Å². The van der Waals surface area contributed by atoms with Gasteiger partial charge in [0.1, 0.15) is 5.52 Å². The van der Waals surface area contributed by atoms with Gasteiger partial charge in [0.05, 0.1) is 24.6 Å². The molecule has 0 amide bonds. The Morgan fingerprint density at radius 2 is 1.95 bits per heavy atom. The first kappa shape index (κ1) is 31.0. The summed E-state index contributed by atoms with van der Waals surface area (Å²) in [6.45, 7) is 8.49. The van der Waals surface area contributed by atoms with E-state index < -0.39 is 22.3 Å². The van der Waals surface area contributed by atoms with Crippen LogP contribution in [-0.4, -0.2) is 57.3 Å². The van der Waals surface area contributed by atoms with E-state index in [0.717, 1.165) is 70.0 Å². The first-order valence-electron chi connectivity index (χ1n) is 13.8. The molecule has 2 heterocycles. The maximum atomic E-state index is 12.8. The number of unbranched alkanes of at least 4 members (excludes halogenated alkanes) is 2. The number of nitrogens with zero attached hydrogens (tertiary/aromatic N) is 4. The molecule has 0 aliphatic carbocycles. The van der Waals surface area contributed by atoms with Gasteiger partial charge in [-0.25, -0.2) is 4.68 Å². The fraction of sp³-hybridized carbons (Fsp3) is 0.483. The Bertz CT molecular complexity index is 1540. The molecule has 1 aliphatic rings. The summed E-state index contributed by atoms with van der Waals surface area (Å²) in [6.07, 6.45) is 4.64. The van der Waals surface area contributed by atoms with Gasteiger partial charge in [-0.2, -0.15) is 12.7 Å². The molecular formula is C29H37BrN4O6S. The summed E-state index contributed by atoms with van der Waals surface area (Å²) in [5.41, 5.74) is 6.12. The molecule has 0 saturated heterocycles. The predicted molar refractivity (Wildman–Crippen MR) is 160 cm³/mol. The van der Waals surface area contributed by atoms with Crippen LogP contribution in [0.15, 0.2) is 42.4 Å². The number of hydrogen-bond donors (Lipinski definition) is 1. The lowest BCUT2D eigenvalue weighted by molar-refractivity contribution is -0.143. The van der Waals surface area contributed by atoms with E-state index >= 15 is 0 Å². The molecule has 0 spiro atoms. The summed E-state index contributed by atoms with van der Waals surface area (Å²) in [7, 11) is -4.17. The molecule has 0 fully saturated rings. The van der Waals surface area contributed by atoms with Crippen LogP contribution in [0.25, 0.3) is 11.0 Å². The van der Waals surface area contributed by atoms with Gasteiger partial charge >= 0.3 is 16.3 Å². The normalized spacial score (nSPS) is 16.7. The lowest BCUT2D eigenvalue weighted by Gasteiger charge is -2.30. The monoisotopic (exact) mass is 648 g/mol. The van der Waals surface area contributed by atoms with E-state index in [1.54, 1.807) is 13.8 Å². The molecule has 12 heteroatoms. The van der Waals surface area contributed by atoms with Crippen molar-refractivity contribution < 1.29 is 27.2 Å². The second-order valence-corrected chi connectivity index (χ2v) is 12.5. The molecule has 0 radical (unpaired) electrons. The summed E-state index contributed by atoms with van der Waals surface area (Å²) in [4.78, 5) is 12.8. The van der Waals surface area contributed by atoms with E-state index in [1.165, 1.54) is 10.4 Å². The van der Waals surface area contributed by atoms with Crippen molar-refractivity contribution in [3.8, 4) is 0 Å². The Balaban J connectivity index is 1.73. The van der Waals surface area contributed by atoms with E-state index in [4.69, 9.17) is 8.92 Å². The maximum Gasteiger partial charge on any atom is 0.388 e. The topological polar surface area (TPSA) is 124 Å². The van der Waals surface area contributed by atoms with Crippen LogP contribution in [0.3, 0.4) is 0 Å². The molecule has 2 atom stereocenters. The zero-order valence-electron chi connectivity index (χ0n) is 23.8. The number of aromatic nitrogens is 3. The van der Waals surface area contributed by atoms with Gasteiger partial charge in [-0.3, -0.25) is 4.79 Å². The van der Waals surface area contributed by atoms with E-state index in [1.807, 2.05) is 48.9 Å². The molecule has 3 aromatic rings. The number of rotatable bonds is 12. The van der Waals surface area contributed by atoms with Crippen LogP contribution in [0.2, 0.25) is 0 Å². The quantitative estimate of drug-likeness (QED) is 0.150. The second-order valence-electron chi connectivity index (χ2n) is 10.2. The molecule has 0 saturated carbocycles. The summed E-state index contributed by atoms with van der Waals surface area (Å²) in [5.74, 6) is -1.31. The number of benzene rings is 2. The Morgan fingerprint density at radius 1 is 1.17 bits per heavy atom. The predicted octanol–water partition coefficient (Wildman–Crippen LogP) is 5.74. The minimum absolute atomic E-state index is 0.0210. The van der Waals surface area contributed by atoms with Crippen LogP contribution in [0, 0.1) is 13.8 Å². The van der Waals surface area contributed by atoms with E-state index in [0.29, 0.717) is 0 Å². The third-order valence-electron chi connectivity index (χ3n) is 7.55. The fourth-order valence-corrected chi connectivity index (χ4v) is 6.87. The molecular weight excluding hydrogens is 612 g/mol. The number of carbonyl (C=O) groups excluding carboxylic acids is 1. The molecule has 2 aromatic carbocycles. The van der Waals surface area contributed by atoms with E-state index in [-0.39, 0.29) is 31.5 Å². The highest BCUT2D eigenvalue weighted by molar-refractivity contribution is 9.09. The van der Waals surface area contributed by atoms with Gasteiger partial charge in [0.25, 0.3) is 5.95 Å². The van der Waals surface area contributed by atoms with Crippen molar-refractivity contribution in [1.82, 2.24) is 19.3 Å². The van der Waals surface area contributed by atoms with Gasteiger partial charge in [0.2, 0.25) is 0 Å². The third kappa shape index (κ3) is 6.92. The van der Waals surface area contributed by atoms with Gasteiger partial charge in [0, 0.05) is 30.4 Å². The average molecular weight is 650 g/mol. The van der Waals surface area contributed by atoms with Crippen molar-refractivity contribution in [2.75, 3.05) is 18.5 Å². The van der Waals surface area contributed by atoms with Crippen LogP contribution in [0.5, 0.6) is 0 Å². The molecule has 41 heavy (non-hydrogen) atoms. The molecule has 1 unspecified atom stereocenters. The fourth-order valence-electron chi connectivity index (χ4n) is 5.33. The number of aryl methyl sites for hydroxylation is 3. The molecule has 10 nitrogen and oxygen atoms in total. The van der Waals surface area contributed by atoms with Crippen molar-refractivity contribution in [1.29, 1.82) is 0 Å². The minimum atomic E-state index is -4.17. The lowest BCUT2D eigenvalue weighted by atomic mass is 9.83. The summed E-state index contributed by atoms with van der Waals surface area (Å²) in [6, 6.07) is 9.30. The van der Waals surface area contributed by atoms with Crippen LogP contribution in [0.1, 0.15) is 79.3 Å². The summed E-state index contributed by atoms with van der Waals surface area (Å²) < 4.78 is 38.5. The van der Waals surface area contributed by atoms with Gasteiger partial charge in [-0.15, -0.1) is 5.10 Å². The zero-order chi connectivity index (χ0) is 29.7. The first-order chi connectivity index (χ1) is 19.6. The van der Waals surface area contributed by atoms with E-state index in [2.05, 4.69) is 26.2 Å². The van der Waals surface area contributed by atoms with Crippen LogP contribution < -0.4 is 0 Å². The van der Waals surface area contributed by atoms with Crippen LogP contribution in [0.4, 0.5) is 0 Å². The SMILES string of the molecule is CCOC(=O)CC(c1ccc(C)c([C@@H](C)N2CC=C(O)OS2(=O)=O)c1)c1ccc2c(nnn2CCCCCBr)c1C. The number of esters is 1. The second kappa shape index (κ2) is 13.3. The Hall–Kier alpha value is -2.96. The highest BCUT2D eigenvalue weighted by atomic mass is 79.9. The Kier molecular flexibility index (Phi) is 10.1. The summed E-state index contributed by atoms with van der Waals surface area (Å²) >= 11 is 3.47. The highest BCUT2D eigenvalue weighted by Crippen LogP contribution is 2.37. The minimum Gasteiger partial charge on any atom is -0.480 e.